The van der Waals surface area contributed by atoms with Crippen molar-refractivity contribution in [2.45, 2.75) is 0 Å². The molecule has 0 aliphatic heterocycles. The summed E-state index contributed by atoms with van der Waals surface area (Å²) in [4.78, 5) is 45.3. The van der Waals surface area contributed by atoms with Gasteiger partial charge in [-0.3, -0.25) is 0 Å². The van der Waals surface area contributed by atoms with Gasteiger partial charge >= 0.3 is 13.4 Å². The van der Waals surface area contributed by atoms with Crippen LogP contribution in [0.3, 0.4) is 0 Å². The Morgan fingerprint density at radius 2 is 0.667 bits per heavy atom. The van der Waals surface area contributed by atoms with Crippen molar-refractivity contribution in [2.24, 2.45) is 0 Å². The molecule has 0 atom stereocenters. The van der Waals surface area contributed by atoms with E-state index < -0.39 is 13.4 Å². The molecule has 8 N–H and O–H groups in total. The zero-order valence-corrected chi connectivity index (χ0v) is 12.0. The molecule has 0 saturated carbocycles. The average molecular weight is 312 g/mol. The van der Waals surface area contributed by atoms with E-state index in [-0.39, 0.29) is 25.0 Å². The van der Waals surface area contributed by atoms with E-state index in [0.717, 1.165) is 0 Å². The third-order valence-corrected chi connectivity index (χ3v) is 0. The van der Waals surface area contributed by atoms with Crippen LogP contribution in [-0.2, 0) is 43.1 Å². The summed E-state index contributed by atoms with van der Waals surface area (Å²) in [6.07, 6.45) is 0. The van der Waals surface area contributed by atoms with Gasteiger partial charge in [0.05, 0.1) is 0 Å². The Morgan fingerprint density at radius 3 is 0.667 bits per heavy atom. The normalized spacial score (nSPS) is 9.83. The van der Waals surface area contributed by atoms with Gasteiger partial charge in [-0.15, -0.1) is 0 Å². The second kappa shape index (κ2) is 9.21. The molecule has 0 fully saturated rings. The molecule has 0 aliphatic rings. The zero-order valence-electron chi connectivity index (χ0n) is 5.60. The smallest absolute Gasteiger partial charge is 0.319 e. The Hall–Kier alpha value is 1.64. The van der Waals surface area contributed by atoms with Crippen LogP contribution in [0.15, 0.2) is 0 Å². The maximum absolute atomic E-state index is 7.56. The van der Waals surface area contributed by atoms with Gasteiger partial charge in [0.1, 0.15) is 0 Å². The van der Waals surface area contributed by atoms with Crippen LogP contribution in [0.1, 0.15) is 0 Å². The Labute approximate surface area is 91.3 Å². The van der Waals surface area contributed by atoms with Gasteiger partial charge in [0.15, 0.2) is 0 Å². The van der Waals surface area contributed by atoms with Crippen LogP contribution in [0.25, 0.3) is 0 Å². The van der Waals surface area contributed by atoms with E-state index >= 15 is 0 Å². The second-order valence-electron chi connectivity index (χ2n) is 1.03. The van der Waals surface area contributed by atoms with Gasteiger partial charge in [-0.25, -0.2) is 0 Å². The van der Waals surface area contributed by atoms with Crippen LogP contribution in [0.4, 0.5) is 0 Å². The molecule has 74 valence electrons. The largest absolute Gasteiger partial charge is 0.412 e. The van der Waals surface area contributed by atoms with E-state index in [1.54, 1.807) is 0 Å². The predicted molar refractivity (Wildman–Crippen MR) is 45.5 cm³/mol. The molecule has 0 amide bonds. The number of hydrogen-bond acceptors (Lipinski definition) is 2. The maximum Gasteiger partial charge on any atom is 0.319 e. The van der Waals surface area contributed by atoms with Gasteiger partial charge < -0.3 is 34.8 Å². The SMILES string of the molecule is O.OP(O)(O)=S.OP(O)(O)=S.[Zn]. The monoisotopic (exact) mass is 310 g/mol. The van der Waals surface area contributed by atoms with E-state index in [9.17, 15) is 0 Å². The van der Waals surface area contributed by atoms with E-state index in [1.807, 2.05) is 0 Å². The fraction of sp³-hybridized carbons (Fsp3) is 0. The topological polar surface area (TPSA) is 153 Å². The standard InChI is InChI=1S/2H3O3PS.H2O.Zn/c2*1-4(2,3)5;;/h2*(H3,1,2,3,5);1H2;. The third-order valence-electron chi connectivity index (χ3n) is 0. The summed E-state index contributed by atoms with van der Waals surface area (Å²) in [6, 6.07) is 0. The Balaban J connectivity index is -0.0000000457. The molecule has 12 heteroatoms. The van der Waals surface area contributed by atoms with Crippen molar-refractivity contribution in [3.05, 3.63) is 0 Å². The Morgan fingerprint density at radius 1 is 0.667 bits per heavy atom. The third kappa shape index (κ3) is 488. The van der Waals surface area contributed by atoms with Crippen molar-refractivity contribution in [1.29, 1.82) is 0 Å². The molecule has 12 heavy (non-hydrogen) atoms. The predicted octanol–water partition coefficient (Wildman–Crippen LogP) is -2.45. The van der Waals surface area contributed by atoms with Crippen molar-refractivity contribution in [3.8, 4) is 0 Å². The molecule has 0 aromatic rings. The van der Waals surface area contributed by atoms with Crippen LogP contribution in [0.5, 0.6) is 0 Å². The average Bonchev–Trinajstić information content (AvgIpc) is 1.12. The fourth-order valence-corrected chi connectivity index (χ4v) is 0. The molecule has 0 unspecified atom stereocenters. The van der Waals surface area contributed by atoms with Crippen molar-refractivity contribution < 1.29 is 54.3 Å². The van der Waals surface area contributed by atoms with Gasteiger partial charge in [0.25, 0.3) is 0 Å². The summed E-state index contributed by atoms with van der Waals surface area (Å²) in [7, 11) is 0. The van der Waals surface area contributed by atoms with Gasteiger partial charge in [-0.2, -0.15) is 0 Å². The molecular weight excluding hydrogens is 303 g/mol. The Bertz CT molecular complexity index is 132. The molecule has 7 nitrogen and oxygen atoms in total. The molecule has 0 aliphatic carbocycles. The van der Waals surface area contributed by atoms with Gasteiger partial charge in [0.2, 0.25) is 0 Å². The van der Waals surface area contributed by atoms with Gasteiger partial charge in [0, 0.05) is 19.5 Å². The Kier molecular flexibility index (Phi) is 18.0. The molecule has 0 aromatic carbocycles. The summed E-state index contributed by atoms with van der Waals surface area (Å²) in [6.45, 7) is -7.61. The molecule has 0 saturated heterocycles. The van der Waals surface area contributed by atoms with E-state index in [2.05, 4.69) is 23.6 Å². The van der Waals surface area contributed by atoms with Crippen molar-refractivity contribution in [1.82, 2.24) is 0 Å². The van der Waals surface area contributed by atoms with Crippen molar-refractivity contribution in [2.75, 3.05) is 0 Å². The zero-order chi connectivity index (χ0) is 9.00. The minimum atomic E-state index is -3.81. The molecule has 0 heterocycles. The second-order valence-corrected chi connectivity index (χ2v) is 6.02. The number of hydrogen-bond donors (Lipinski definition) is 6. The number of rotatable bonds is 0. The van der Waals surface area contributed by atoms with Crippen molar-refractivity contribution in [3.63, 3.8) is 0 Å². The summed E-state index contributed by atoms with van der Waals surface area (Å²) < 4.78 is 0. The molecule has 0 rings (SSSR count). The molecule has 0 aromatic heterocycles. The fourth-order valence-electron chi connectivity index (χ4n) is 0. The van der Waals surface area contributed by atoms with Crippen LogP contribution >= 0.6 is 13.4 Å². The first kappa shape index (κ1) is 23.5. The van der Waals surface area contributed by atoms with E-state index in [1.165, 1.54) is 0 Å². The minimum Gasteiger partial charge on any atom is -0.412 e. The summed E-state index contributed by atoms with van der Waals surface area (Å²) in [5, 5.41) is 0. The van der Waals surface area contributed by atoms with Crippen LogP contribution in [-0.4, -0.2) is 34.8 Å². The molecule has 0 spiro atoms. The van der Waals surface area contributed by atoms with Crippen molar-refractivity contribution >= 4 is 37.1 Å². The molecule has 0 bridgehead atoms. The van der Waals surface area contributed by atoms with E-state index in [0.29, 0.717) is 0 Å². The first-order valence-electron chi connectivity index (χ1n) is 1.57. The summed E-state index contributed by atoms with van der Waals surface area (Å²) >= 11 is 7.21. The van der Waals surface area contributed by atoms with Crippen LogP contribution in [0.2, 0.25) is 0 Å². The van der Waals surface area contributed by atoms with Crippen LogP contribution < -0.4 is 0 Å². The summed E-state index contributed by atoms with van der Waals surface area (Å²) in [5.74, 6) is 0. The first-order valence-corrected chi connectivity index (χ1v) is 6.89. The maximum atomic E-state index is 7.56. The minimum absolute atomic E-state index is 0. The molecular formula is H8O7P2S2Zn. The quantitative estimate of drug-likeness (QED) is 0.213. The molecule has 0 radical (unpaired) electrons. The first-order chi connectivity index (χ1) is 4.00. The van der Waals surface area contributed by atoms with Gasteiger partial charge in [-0.05, 0) is 23.6 Å². The van der Waals surface area contributed by atoms with Gasteiger partial charge in [-0.1, -0.05) is 0 Å². The summed E-state index contributed by atoms with van der Waals surface area (Å²) in [5.41, 5.74) is 0. The van der Waals surface area contributed by atoms with E-state index in [4.69, 9.17) is 29.4 Å². The van der Waals surface area contributed by atoms with Crippen LogP contribution in [0, 0.1) is 0 Å².